The van der Waals surface area contributed by atoms with Crippen LogP contribution in [0.25, 0.3) is 22.4 Å². The number of rotatable bonds is 6. The number of aliphatic hydroxyl groups excluding tert-OH is 1. The first-order valence-electron chi connectivity index (χ1n) is 10.0. The molecule has 158 valence electrons. The van der Waals surface area contributed by atoms with Gasteiger partial charge in [-0.2, -0.15) is 4.98 Å². The van der Waals surface area contributed by atoms with Gasteiger partial charge in [0.1, 0.15) is 11.2 Å². The lowest BCUT2D eigenvalue weighted by Crippen LogP contribution is -2.37. The van der Waals surface area contributed by atoms with Gasteiger partial charge in [-0.15, -0.1) is 0 Å². The molecule has 4 rings (SSSR count). The molecule has 0 saturated carbocycles. The summed E-state index contributed by atoms with van der Waals surface area (Å²) in [6, 6.07) is 7.22. The first-order valence-corrected chi connectivity index (χ1v) is 10.0. The highest BCUT2D eigenvalue weighted by Crippen LogP contribution is 2.28. The SMILES string of the molecule is CCNC(=O)Nc1ccc(-c2nc(N3CCOCC3)nc3c2ncn3CCO)cc1. The van der Waals surface area contributed by atoms with Crippen LogP contribution < -0.4 is 15.5 Å². The maximum atomic E-state index is 11.7. The summed E-state index contributed by atoms with van der Waals surface area (Å²) in [6.07, 6.45) is 1.67. The molecule has 10 nitrogen and oxygen atoms in total. The van der Waals surface area contributed by atoms with Crippen LogP contribution >= 0.6 is 0 Å². The lowest BCUT2D eigenvalue weighted by molar-refractivity contribution is 0.122. The van der Waals surface area contributed by atoms with Gasteiger partial charge < -0.3 is 29.9 Å². The summed E-state index contributed by atoms with van der Waals surface area (Å²) in [6.45, 7) is 5.53. The maximum Gasteiger partial charge on any atom is 0.319 e. The third-order valence-electron chi connectivity index (χ3n) is 4.84. The van der Waals surface area contributed by atoms with Gasteiger partial charge >= 0.3 is 6.03 Å². The number of benzene rings is 1. The second-order valence-corrected chi connectivity index (χ2v) is 6.87. The zero-order valence-corrected chi connectivity index (χ0v) is 16.8. The zero-order chi connectivity index (χ0) is 20.9. The Bertz CT molecular complexity index is 1010. The molecule has 0 spiro atoms. The van der Waals surface area contributed by atoms with Gasteiger partial charge in [-0.05, 0) is 19.1 Å². The number of anilines is 2. The van der Waals surface area contributed by atoms with E-state index in [2.05, 4.69) is 20.5 Å². The summed E-state index contributed by atoms with van der Waals surface area (Å²) in [7, 11) is 0. The first kappa shape index (κ1) is 20.0. The average Bonchev–Trinajstić information content (AvgIpc) is 3.18. The lowest BCUT2D eigenvalue weighted by Gasteiger charge is -2.27. The molecule has 3 N–H and O–H groups in total. The fourth-order valence-electron chi connectivity index (χ4n) is 3.36. The van der Waals surface area contributed by atoms with Crippen LogP contribution in [0.15, 0.2) is 30.6 Å². The summed E-state index contributed by atoms with van der Waals surface area (Å²) < 4.78 is 7.27. The molecule has 3 aromatic rings. The number of fused-ring (bicyclic) bond motifs is 1. The number of aromatic nitrogens is 4. The molecule has 0 aliphatic carbocycles. The minimum Gasteiger partial charge on any atom is -0.395 e. The van der Waals surface area contributed by atoms with E-state index >= 15 is 0 Å². The minimum absolute atomic E-state index is 0.00211. The number of amides is 2. The highest BCUT2D eigenvalue weighted by atomic mass is 16.5. The zero-order valence-electron chi connectivity index (χ0n) is 16.8. The number of aliphatic hydroxyl groups is 1. The number of hydrogen-bond donors (Lipinski definition) is 3. The third kappa shape index (κ3) is 4.19. The largest absolute Gasteiger partial charge is 0.395 e. The van der Waals surface area contributed by atoms with E-state index in [1.54, 1.807) is 6.33 Å². The Balaban J connectivity index is 1.72. The summed E-state index contributed by atoms with van der Waals surface area (Å²) in [5.74, 6) is 0.616. The van der Waals surface area contributed by atoms with Crippen LogP contribution in [0.1, 0.15) is 6.92 Å². The van der Waals surface area contributed by atoms with Crippen LogP contribution in [0.3, 0.4) is 0 Å². The molecule has 2 aromatic heterocycles. The fraction of sp³-hybridized carbons (Fsp3) is 0.400. The van der Waals surface area contributed by atoms with Crippen molar-refractivity contribution in [3.05, 3.63) is 30.6 Å². The first-order chi connectivity index (χ1) is 14.7. The molecular formula is C20H25N7O3. The number of morpholine rings is 1. The molecule has 10 heteroatoms. The van der Waals surface area contributed by atoms with E-state index in [4.69, 9.17) is 14.7 Å². The summed E-state index contributed by atoms with van der Waals surface area (Å²) >= 11 is 0. The Morgan fingerprint density at radius 3 is 2.67 bits per heavy atom. The molecule has 0 unspecified atom stereocenters. The Labute approximate surface area is 173 Å². The van der Waals surface area contributed by atoms with Gasteiger partial charge in [-0.1, -0.05) is 12.1 Å². The highest BCUT2D eigenvalue weighted by molar-refractivity contribution is 5.91. The Hall–Kier alpha value is -3.24. The van der Waals surface area contributed by atoms with Crippen molar-refractivity contribution >= 4 is 28.8 Å². The second kappa shape index (κ2) is 9.06. The molecular weight excluding hydrogens is 386 g/mol. The number of urea groups is 1. The van der Waals surface area contributed by atoms with Crippen LogP contribution in [0.4, 0.5) is 16.4 Å². The third-order valence-corrected chi connectivity index (χ3v) is 4.84. The van der Waals surface area contributed by atoms with Crippen LogP contribution in [0, 0.1) is 0 Å². The van der Waals surface area contributed by atoms with Crippen molar-refractivity contribution in [2.24, 2.45) is 0 Å². The Morgan fingerprint density at radius 2 is 1.97 bits per heavy atom. The molecule has 0 radical (unpaired) electrons. The molecule has 3 heterocycles. The smallest absolute Gasteiger partial charge is 0.319 e. The highest BCUT2D eigenvalue weighted by Gasteiger charge is 2.20. The summed E-state index contributed by atoms with van der Waals surface area (Å²) in [4.78, 5) is 27.9. The van der Waals surface area contributed by atoms with Crippen molar-refractivity contribution in [1.29, 1.82) is 0 Å². The number of ether oxygens (including phenoxy) is 1. The lowest BCUT2D eigenvalue weighted by atomic mass is 10.1. The molecule has 1 aliphatic heterocycles. The van der Waals surface area contributed by atoms with Crippen molar-refractivity contribution in [2.45, 2.75) is 13.5 Å². The number of carbonyl (C=O) groups is 1. The van der Waals surface area contributed by atoms with Gasteiger partial charge in [0.25, 0.3) is 0 Å². The Morgan fingerprint density at radius 1 is 1.20 bits per heavy atom. The van der Waals surface area contributed by atoms with Gasteiger partial charge in [-0.3, -0.25) is 0 Å². The van der Waals surface area contributed by atoms with Crippen LogP contribution in [-0.2, 0) is 11.3 Å². The van der Waals surface area contributed by atoms with Crippen molar-refractivity contribution in [3.8, 4) is 11.3 Å². The summed E-state index contributed by atoms with van der Waals surface area (Å²) in [5.41, 5.74) is 3.62. The van der Waals surface area contributed by atoms with Gasteiger partial charge in [-0.25, -0.2) is 14.8 Å². The van der Waals surface area contributed by atoms with Crippen molar-refractivity contribution in [1.82, 2.24) is 24.8 Å². The quantitative estimate of drug-likeness (QED) is 0.562. The molecule has 30 heavy (non-hydrogen) atoms. The molecule has 1 aromatic carbocycles. The van der Waals surface area contributed by atoms with E-state index in [1.807, 2.05) is 35.8 Å². The molecule has 1 saturated heterocycles. The standard InChI is InChI=1S/C20H25N7O3/c1-2-21-20(29)23-15-5-3-14(4-6-15)16-17-18(27(7-10-28)13-22-17)25-19(24-16)26-8-11-30-12-9-26/h3-6,13,28H,2,7-12H2,1H3,(H2,21,23,29). The monoisotopic (exact) mass is 411 g/mol. The minimum atomic E-state index is -0.243. The number of nitrogens with one attached hydrogen (secondary N) is 2. The summed E-state index contributed by atoms with van der Waals surface area (Å²) in [5, 5.41) is 14.9. The van der Waals surface area contributed by atoms with E-state index in [1.165, 1.54) is 0 Å². The topological polar surface area (TPSA) is 117 Å². The van der Waals surface area contributed by atoms with E-state index < -0.39 is 0 Å². The predicted molar refractivity (Wildman–Crippen MR) is 114 cm³/mol. The van der Waals surface area contributed by atoms with E-state index in [0.29, 0.717) is 67.9 Å². The van der Waals surface area contributed by atoms with Crippen LogP contribution in [-0.4, -0.2) is 70.1 Å². The number of nitrogens with zero attached hydrogens (tertiary/aromatic N) is 5. The maximum absolute atomic E-state index is 11.7. The van der Waals surface area contributed by atoms with Crippen LogP contribution in [0.2, 0.25) is 0 Å². The van der Waals surface area contributed by atoms with Gasteiger partial charge in [0.2, 0.25) is 5.95 Å². The fourth-order valence-corrected chi connectivity index (χ4v) is 3.36. The molecule has 0 atom stereocenters. The number of carbonyl (C=O) groups excluding carboxylic acids is 1. The van der Waals surface area contributed by atoms with Crippen LogP contribution in [0.5, 0.6) is 0 Å². The molecule has 1 aliphatic rings. The number of imidazole rings is 1. The average molecular weight is 411 g/mol. The molecule has 0 bridgehead atoms. The van der Waals surface area contributed by atoms with Gasteiger partial charge in [0.15, 0.2) is 5.65 Å². The van der Waals surface area contributed by atoms with E-state index in [-0.39, 0.29) is 12.6 Å². The van der Waals surface area contributed by atoms with Gasteiger partial charge in [0, 0.05) is 37.4 Å². The second-order valence-electron chi connectivity index (χ2n) is 6.87. The Kier molecular flexibility index (Phi) is 6.05. The van der Waals surface area contributed by atoms with Crippen molar-refractivity contribution < 1.29 is 14.6 Å². The number of hydrogen-bond acceptors (Lipinski definition) is 7. The van der Waals surface area contributed by atoms with Crippen molar-refractivity contribution in [3.63, 3.8) is 0 Å². The van der Waals surface area contributed by atoms with E-state index in [9.17, 15) is 9.90 Å². The van der Waals surface area contributed by atoms with Crippen molar-refractivity contribution in [2.75, 3.05) is 49.7 Å². The normalized spacial score (nSPS) is 14.1. The molecule has 2 amide bonds. The predicted octanol–water partition coefficient (Wildman–Crippen LogP) is 1.46. The van der Waals surface area contributed by atoms with Gasteiger partial charge in [0.05, 0.1) is 26.1 Å². The van der Waals surface area contributed by atoms with E-state index in [0.717, 1.165) is 5.56 Å². The molecule has 1 fully saturated rings.